The summed E-state index contributed by atoms with van der Waals surface area (Å²) in [6.07, 6.45) is 77.3. The van der Waals surface area contributed by atoms with Crippen LogP contribution >= 0.6 is 0 Å². The molecule has 0 radical (unpaired) electrons. The second-order valence-electron chi connectivity index (χ2n) is 17.4. The average Bonchev–Trinajstić information content (AvgIpc) is 3.34. The van der Waals surface area contributed by atoms with E-state index in [9.17, 15) is 14.4 Å². The maximum absolute atomic E-state index is 12.8. The fourth-order valence-corrected chi connectivity index (χ4v) is 6.91. The molecule has 0 unspecified atom stereocenters. The third kappa shape index (κ3) is 52.5. The van der Waals surface area contributed by atoms with Gasteiger partial charge >= 0.3 is 17.9 Å². The van der Waals surface area contributed by atoms with Gasteiger partial charge in [0.25, 0.3) is 0 Å². The molecular formula is C62H98O6. The van der Waals surface area contributed by atoms with E-state index in [-0.39, 0.29) is 44.0 Å². The number of ether oxygens (including phenoxy) is 3. The number of esters is 3. The summed E-state index contributed by atoms with van der Waals surface area (Å²) in [5.41, 5.74) is 0. The Labute approximate surface area is 417 Å². The molecule has 0 bridgehead atoms. The van der Waals surface area contributed by atoms with Crippen LogP contribution in [0.3, 0.4) is 0 Å². The molecule has 0 aromatic carbocycles. The van der Waals surface area contributed by atoms with Crippen LogP contribution in [0.15, 0.2) is 134 Å². The van der Waals surface area contributed by atoms with Crippen LogP contribution in [0.25, 0.3) is 0 Å². The molecule has 68 heavy (non-hydrogen) atoms. The number of rotatable bonds is 47. The van der Waals surface area contributed by atoms with E-state index in [1.807, 2.05) is 12.2 Å². The molecular weight excluding hydrogens is 841 g/mol. The molecule has 1 atom stereocenters. The fraction of sp³-hybridized carbons (Fsp3) is 0.597. The summed E-state index contributed by atoms with van der Waals surface area (Å²) in [6, 6.07) is 0. The molecule has 6 nitrogen and oxygen atoms in total. The number of carbonyl (C=O) groups excluding carboxylic acids is 3. The minimum atomic E-state index is -0.829. The van der Waals surface area contributed by atoms with Gasteiger partial charge in [-0.3, -0.25) is 14.4 Å². The first-order valence-corrected chi connectivity index (χ1v) is 27.2. The van der Waals surface area contributed by atoms with Gasteiger partial charge in [-0.05, 0) is 103 Å². The third-order valence-corrected chi connectivity index (χ3v) is 10.9. The van der Waals surface area contributed by atoms with Crippen molar-refractivity contribution in [2.24, 2.45) is 0 Å². The summed E-state index contributed by atoms with van der Waals surface area (Å²) >= 11 is 0. The van der Waals surface area contributed by atoms with Gasteiger partial charge < -0.3 is 14.2 Å². The van der Waals surface area contributed by atoms with Crippen molar-refractivity contribution in [1.82, 2.24) is 0 Å². The highest BCUT2D eigenvalue weighted by atomic mass is 16.6. The Morgan fingerprint density at radius 3 is 0.985 bits per heavy atom. The highest BCUT2D eigenvalue weighted by Gasteiger charge is 2.19. The largest absolute Gasteiger partial charge is 0.462 e. The van der Waals surface area contributed by atoms with Crippen LogP contribution in [0.5, 0.6) is 0 Å². The van der Waals surface area contributed by atoms with Crippen molar-refractivity contribution < 1.29 is 28.6 Å². The van der Waals surface area contributed by atoms with Crippen LogP contribution in [-0.2, 0) is 28.6 Å². The number of carbonyl (C=O) groups is 3. The Balaban J connectivity index is 4.57. The molecule has 0 amide bonds. The predicted molar refractivity (Wildman–Crippen MR) is 292 cm³/mol. The average molecular weight is 939 g/mol. The molecule has 0 aromatic heterocycles. The van der Waals surface area contributed by atoms with E-state index < -0.39 is 6.10 Å². The van der Waals surface area contributed by atoms with Crippen molar-refractivity contribution in [1.29, 1.82) is 0 Å². The van der Waals surface area contributed by atoms with Crippen LogP contribution < -0.4 is 0 Å². The van der Waals surface area contributed by atoms with Gasteiger partial charge in [-0.25, -0.2) is 0 Å². The monoisotopic (exact) mass is 939 g/mol. The fourth-order valence-electron chi connectivity index (χ4n) is 6.91. The Morgan fingerprint density at radius 2 is 0.603 bits per heavy atom. The first-order valence-electron chi connectivity index (χ1n) is 27.2. The van der Waals surface area contributed by atoms with Crippen LogP contribution in [0.2, 0.25) is 0 Å². The van der Waals surface area contributed by atoms with E-state index in [0.29, 0.717) is 19.3 Å². The molecule has 6 heteroatoms. The second kappa shape index (κ2) is 55.1. The van der Waals surface area contributed by atoms with E-state index in [1.54, 1.807) is 0 Å². The summed E-state index contributed by atoms with van der Waals surface area (Å²) in [7, 11) is 0. The summed E-state index contributed by atoms with van der Waals surface area (Å²) in [5.74, 6) is -1.04. The standard InChI is InChI=1S/C62H98O6/c1-4-7-10-13-16-19-22-25-27-29-31-33-35-37-40-43-46-49-52-55-61(64)67-58-59(57-66-60(63)54-51-48-45-42-39-24-21-18-15-12-9-6-3)68-62(65)56-53-50-47-44-41-38-36-34-32-30-28-26-23-20-17-14-11-8-5-2/h7-8,10-11,16-17,19-20,25-28,31-34,37-38,40-41,46,49,59H,4-6,9,12-15,18,21-24,29-30,35-36,39,42-45,47-48,50-58H2,1-3H3/b10-7-,11-8-,19-16-,20-17-,27-25-,28-26-,33-31-,34-32-,40-37-,41-38-,49-46-/t59-/m1/s1. The number of allylic oxidation sites excluding steroid dienone is 22. The molecule has 0 heterocycles. The van der Waals surface area contributed by atoms with Gasteiger partial charge in [0.2, 0.25) is 0 Å². The zero-order valence-electron chi connectivity index (χ0n) is 43.6. The quantitative estimate of drug-likeness (QED) is 0.0262. The van der Waals surface area contributed by atoms with Crippen molar-refractivity contribution in [2.75, 3.05) is 13.2 Å². The van der Waals surface area contributed by atoms with Crippen molar-refractivity contribution in [3.8, 4) is 0 Å². The highest BCUT2D eigenvalue weighted by Crippen LogP contribution is 2.14. The molecule has 0 rings (SSSR count). The van der Waals surface area contributed by atoms with Crippen molar-refractivity contribution in [3.63, 3.8) is 0 Å². The summed E-state index contributed by atoms with van der Waals surface area (Å²) in [5, 5.41) is 0. The Kier molecular flexibility index (Phi) is 51.5. The molecule has 382 valence electrons. The molecule has 0 aromatic rings. The van der Waals surface area contributed by atoms with Crippen LogP contribution in [0.1, 0.15) is 220 Å². The van der Waals surface area contributed by atoms with E-state index >= 15 is 0 Å². The van der Waals surface area contributed by atoms with E-state index in [4.69, 9.17) is 14.2 Å². The molecule has 0 N–H and O–H groups in total. The minimum Gasteiger partial charge on any atom is -0.462 e. The molecule has 0 aliphatic heterocycles. The van der Waals surface area contributed by atoms with Gasteiger partial charge in [-0.1, -0.05) is 231 Å². The van der Waals surface area contributed by atoms with E-state index in [1.165, 1.54) is 57.8 Å². The Bertz CT molecular complexity index is 1500. The number of hydrogen-bond donors (Lipinski definition) is 0. The molecule has 0 aliphatic rings. The maximum Gasteiger partial charge on any atom is 0.306 e. The third-order valence-electron chi connectivity index (χ3n) is 10.9. The Morgan fingerprint density at radius 1 is 0.309 bits per heavy atom. The van der Waals surface area contributed by atoms with Gasteiger partial charge in [0.05, 0.1) is 0 Å². The predicted octanol–water partition coefficient (Wildman–Crippen LogP) is 18.3. The molecule has 0 aliphatic carbocycles. The normalized spacial score (nSPS) is 13.2. The zero-order valence-corrected chi connectivity index (χ0v) is 43.6. The first-order chi connectivity index (χ1) is 33.5. The highest BCUT2D eigenvalue weighted by molar-refractivity contribution is 5.71. The van der Waals surface area contributed by atoms with Gasteiger partial charge in [0, 0.05) is 19.3 Å². The molecule has 0 saturated carbocycles. The van der Waals surface area contributed by atoms with E-state index in [2.05, 4.69) is 142 Å². The lowest BCUT2D eigenvalue weighted by Crippen LogP contribution is -2.30. The molecule has 0 spiro atoms. The Hall–Kier alpha value is -4.45. The zero-order chi connectivity index (χ0) is 49.3. The second-order valence-corrected chi connectivity index (χ2v) is 17.4. The van der Waals surface area contributed by atoms with Gasteiger partial charge in [0.15, 0.2) is 6.10 Å². The van der Waals surface area contributed by atoms with Crippen molar-refractivity contribution in [2.45, 2.75) is 226 Å². The molecule has 0 saturated heterocycles. The topological polar surface area (TPSA) is 78.9 Å². The van der Waals surface area contributed by atoms with Gasteiger partial charge in [-0.2, -0.15) is 0 Å². The minimum absolute atomic E-state index is 0.118. The lowest BCUT2D eigenvalue weighted by Gasteiger charge is -2.18. The smallest absolute Gasteiger partial charge is 0.306 e. The number of hydrogen-bond acceptors (Lipinski definition) is 6. The summed E-state index contributed by atoms with van der Waals surface area (Å²) in [6.45, 7) is 6.30. The molecule has 0 fully saturated rings. The van der Waals surface area contributed by atoms with Crippen LogP contribution in [0.4, 0.5) is 0 Å². The number of unbranched alkanes of at least 4 members (excludes halogenated alkanes) is 14. The maximum atomic E-state index is 12.8. The van der Waals surface area contributed by atoms with Gasteiger partial charge in [0.1, 0.15) is 13.2 Å². The van der Waals surface area contributed by atoms with Crippen molar-refractivity contribution >= 4 is 17.9 Å². The lowest BCUT2D eigenvalue weighted by atomic mass is 10.0. The summed E-state index contributed by atoms with van der Waals surface area (Å²) in [4.78, 5) is 38.0. The van der Waals surface area contributed by atoms with Crippen molar-refractivity contribution in [3.05, 3.63) is 134 Å². The first kappa shape index (κ1) is 63.5. The van der Waals surface area contributed by atoms with Gasteiger partial charge in [-0.15, -0.1) is 0 Å². The van der Waals surface area contributed by atoms with Crippen LogP contribution in [0, 0.1) is 0 Å². The van der Waals surface area contributed by atoms with Crippen LogP contribution in [-0.4, -0.2) is 37.2 Å². The summed E-state index contributed by atoms with van der Waals surface area (Å²) < 4.78 is 16.7. The SMILES string of the molecule is CC/C=C\C/C=C\C/C=C\C/C=C\C/C=C\C/C=C\CCC(=O)OC[C@@H](COC(=O)CCCCCCCCCCCCCC)OC(=O)CCCCC/C=C\C/C=C\C/C=C\C/C=C\C/C=C\CC. The van der Waals surface area contributed by atoms with E-state index in [0.717, 1.165) is 109 Å². The lowest BCUT2D eigenvalue weighted by molar-refractivity contribution is -0.166.